The molecule has 1 aromatic rings. The van der Waals surface area contributed by atoms with E-state index >= 15 is 0 Å². The van der Waals surface area contributed by atoms with Crippen molar-refractivity contribution in [1.29, 1.82) is 0 Å². The summed E-state index contributed by atoms with van der Waals surface area (Å²) in [5.74, 6) is 0.0352. The van der Waals surface area contributed by atoms with Gasteiger partial charge in [-0.3, -0.25) is 4.79 Å². The molecule has 6 heteroatoms. The Kier molecular flexibility index (Phi) is 4.88. The average Bonchev–Trinajstić information content (AvgIpc) is 2.94. The van der Waals surface area contributed by atoms with Crippen molar-refractivity contribution in [3.05, 3.63) is 41.5 Å². The molecule has 2 aliphatic heterocycles. The molecule has 168 valence electrons. The largest absolute Gasteiger partial charge is 0.424 e. The highest BCUT2D eigenvalue weighted by Crippen LogP contribution is 2.66. The molecule has 0 aromatic heterocycles. The number of esters is 1. The fourth-order valence-electron chi connectivity index (χ4n) is 5.61. The van der Waals surface area contributed by atoms with Crippen LogP contribution in [0.1, 0.15) is 59.4 Å². The quantitative estimate of drug-likeness (QED) is 0.285. The van der Waals surface area contributed by atoms with Crippen LogP contribution in [0.3, 0.4) is 0 Å². The number of carbonyl (C=O) groups excluding carboxylic acids is 2. The summed E-state index contributed by atoms with van der Waals surface area (Å²) in [6.45, 7) is 17.6. The van der Waals surface area contributed by atoms with Crippen LogP contribution in [0.25, 0.3) is 0 Å². The number of carbonyl (C=O) groups is 2. The molecule has 0 radical (unpaired) electrons. The van der Waals surface area contributed by atoms with Crippen molar-refractivity contribution < 1.29 is 18.8 Å². The summed E-state index contributed by atoms with van der Waals surface area (Å²) in [7, 11) is -1.99. The molecule has 1 aromatic carbocycles. The van der Waals surface area contributed by atoms with Crippen molar-refractivity contribution in [2.45, 2.75) is 83.2 Å². The van der Waals surface area contributed by atoms with Crippen molar-refractivity contribution in [3.63, 3.8) is 0 Å². The van der Waals surface area contributed by atoms with E-state index in [2.05, 4.69) is 53.8 Å². The summed E-state index contributed by atoms with van der Waals surface area (Å²) in [5, 5.41) is 0.103. The van der Waals surface area contributed by atoms with Gasteiger partial charge in [-0.2, -0.15) is 0 Å². The Bertz CT molecular complexity index is 974. The van der Waals surface area contributed by atoms with E-state index in [4.69, 9.17) is 9.16 Å². The predicted octanol–water partition coefficient (Wildman–Crippen LogP) is 5.04. The minimum Gasteiger partial charge on any atom is -0.424 e. The fraction of sp³-hybridized carbons (Fsp3) is 0.600. The summed E-state index contributed by atoms with van der Waals surface area (Å²) in [6.07, 6.45) is 3.01. The molecule has 1 spiro atoms. The number of hydrogen-bond acceptors (Lipinski definition) is 4. The first-order valence-electron chi connectivity index (χ1n) is 11.2. The van der Waals surface area contributed by atoms with Gasteiger partial charge in [0.2, 0.25) is 5.91 Å². The van der Waals surface area contributed by atoms with Crippen LogP contribution in [0.15, 0.2) is 35.9 Å². The number of benzene rings is 1. The molecule has 1 aliphatic carbocycles. The number of fused-ring (bicyclic) bond motifs is 2. The van der Waals surface area contributed by atoms with Crippen LogP contribution in [-0.4, -0.2) is 42.8 Å². The Labute approximate surface area is 186 Å². The standard InChI is InChI=1S/C25H35NO4Si/c1-16(27)26-14-13-19-18(15-24(5,6)30-31(7,8)23(2,3)4)21-17-11-9-10-12-20(17)29-22(28)25(19,21)26/h9-12,15,19,21H,13-14H2,1-8H3/t19-,21?,25+/m0/s1. The maximum absolute atomic E-state index is 13.3. The smallest absolute Gasteiger partial charge is 0.339 e. The minimum absolute atomic E-state index is 0.0236. The monoisotopic (exact) mass is 441 g/mol. The molecule has 1 unspecified atom stereocenters. The van der Waals surface area contributed by atoms with Gasteiger partial charge in [0.05, 0.1) is 5.60 Å². The first kappa shape index (κ1) is 22.3. The molecule has 3 atom stereocenters. The van der Waals surface area contributed by atoms with Crippen molar-refractivity contribution in [3.8, 4) is 5.75 Å². The van der Waals surface area contributed by atoms with Crippen LogP contribution < -0.4 is 4.74 Å². The van der Waals surface area contributed by atoms with E-state index in [0.29, 0.717) is 12.3 Å². The van der Waals surface area contributed by atoms with Gasteiger partial charge >= 0.3 is 5.97 Å². The zero-order valence-electron chi connectivity index (χ0n) is 20.0. The summed E-state index contributed by atoms with van der Waals surface area (Å²) >= 11 is 0. The van der Waals surface area contributed by atoms with Crippen LogP contribution in [-0.2, 0) is 14.0 Å². The highest BCUT2D eigenvalue weighted by atomic mass is 28.4. The van der Waals surface area contributed by atoms with Crippen LogP contribution >= 0.6 is 0 Å². The molecule has 5 nitrogen and oxygen atoms in total. The van der Waals surface area contributed by atoms with Crippen molar-refractivity contribution in [1.82, 2.24) is 4.90 Å². The fourth-order valence-corrected chi connectivity index (χ4v) is 7.29. The van der Waals surface area contributed by atoms with Crippen LogP contribution in [0.4, 0.5) is 0 Å². The van der Waals surface area contributed by atoms with E-state index in [1.807, 2.05) is 24.3 Å². The van der Waals surface area contributed by atoms with Gasteiger partial charge in [-0.05, 0) is 44.5 Å². The van der Waals surface area contributed by atoms with E-state index in [9.17, 15) is 9.59 Å². The Morgan fingerprint density at radius 2 is 1.87 bits per heavy atom. The first-order chi connectivity index (χ1) is 14.2. The SMILES string of the molecule is CC(=O)N1CC[C@H]2C(=CC(C)(C)O[Si](C)(C)C(C)(C)C)C3c4ccccc4OC(=O)[C@]321. The Morgan fingerprint density at radius 3 is 2.48 bits per heavy atom. The van der Waals surface area contributed by atoms with Gasteiger partial charge in [0.1, 0.15) is 5.75 Å². The molecule has 1 amide bonds. The van der Waals surface area contributed by atoms with E-state index in [0.717, 1.165) is 12.0 Å². The third-order valence-corrected chi connectivity index (χ3v) is 12.4. The number of para-hydroxylation sites is 1. The number of nitrogens with zero attached hydrogens (tertiary/aromatic N) is 1. The Hall–Kier alpha value is -1.92. The third-order valence-electron chi connectivity index (χ3n) is 7.77. The first-order valence-corrected chi connectivity index (χ1v) is 14.2. The minimum atomic E-state index is -1.99. The summed E-state index contributed by atoms with van der Waals surface area (Å²) in [5.41, 5.74) is 0.807. The van der Waals surface area contributed by atoms with Crippen molar-refractivity contribution in [2.75, 3.05) is 6.54 Å². The molecule has 2 fully saturated rings. The molecule has 0 N–H and O–H groups in total. The highest BCUT2D eigenvalue weighted by molar-refractivity contribution is 6.74. The summed E-state index contributed by atoms with van der Waals surface area (Å²) < 4.78 is 12.5. The lowest BCUT2D eigenvalue weighted by Gasteiger charge is -2.58. The lowest BCUT2D eigenvalue weighted by molar-refractivity contribution is -0.163. The molecule has 1 saturated carbocycles. The lowest BCUT2D eigenvalue weighted by Crippen LogP contribution is -2.70. The van der Waals surface area contributed by atoms with Gasteiger partial charge in [0, 0.05) is 30.9 Å². The maximum atomic E-state index is 13.3. The number of amides is 1. The molecule has 3 aliphatic rings. The van der Waals surface area contributed by atoms with Gasteiger partial charge in [0.25, 0.3) is 0 Å². The normalized spacial score (nSPS) is 29.1. The second kappa shape index (κ2) is 6.79. The maximum Gasteiger partial charge on any atom is 0.339 e. The molecule has 4 rings (SSSR count). The van der Waals surface area contributed by atoms with Gasteiger partial charge in [-0.25, -0.2) is 4.79 Å². The molecular weight excluding hydrogens is 406 g/mol. The van der Waals surface area contributed by atoms with E-state index in [-0.39, 0.29) is 28.8 Å². The zero-order chi connectivity index (χ0) is 23.0. The number of hydrogen-bond donors (Lipinski definition) is 0. The van der Waals surface area contributed by atoms with Crippen LogP contribution in [0.5, 0.6) is 5.75 Å². The van der Waals surface area contributed by atoms with Gasteiger partial charge < -0.3 is 14.1 Å². The molecule has 31 heavy (non-hydrogen) atoms. The number of likely N-dealkylation sites (tertiary alicyclic amines) is 1. The van der Waals surface area contributed by atoms with Crippen LogP contribution in [0.2, 0.25) is 18.1 Å². The third kappa shape index (κ3) is 3.13. The summed E-state index contributed by atoms with van der Waals surface area (Å²) in [4.78, 5) is 27.6. The van der Waals surface area contributed by atoms with E-state index in [1.165, 1.54) is 5.57 Å². The highest BCUT2D eigenvalue weighted by Gasteiger charge is 2.73. The Balaban J connectivity index is 1.81. The van der Waals surface area contributed by atoms with Gasteiger partial charge in [-0.1, -0.05) is 50.6 Å². The average molecular weight is 442 g/mol. The van der Waals surface area contributed by atoms with Gasteiger partial charge in [-0.15, -0.1) is 0 Å². The molecule has 1 saturated heterocycles. The number of ether oxygens (including phenoxy) is 1. The summed E-state index contributed by atoms with van der Waals surface area (Å²) in [6, 6.07) is 7.72. The van der Waals surface area contributed by atoms with Crippen molar-refractivity contribution in [2.24, 2.45) is 5.92 Å². The van der Waals surface area contributed by atoms with Gasteiger partial charge in [0.15, 0.2) is 13.9 Å². The second-order valence-electron chi connectivity index (χ2n) is 11.3. The molecular formula is C25H35NO4Si. The van der Waals surface area contributed by atoms with Crippen molar-refractivity contribution >= 4 is 20.2 Å². The number of rotatable bonds is 3. The van der Waals surface area contributed by atoms with E-state index < -0.39 is 19.5 Å². The topological polar surface area (TPSA) is 55.8 Å². The Morgan fingerprint density at radius 1 is 1.23 bits per heavy atom. The molecule has 0 bridgehead atoms. The predicted molar refractivity (Wildman–Crippen MR) is 123 cm³/mol. The molecule has 2 heterocycles. The zero-order valence-corrected chi connectivity index (χ0v) is 21.0. The lowest BCUT2D eigenvalue weighted by atomic mass is 9.51. The second-order valence-corrected chi connectivity index (χ2v) is 16.0. The van der Waals surface area contributed by atoms with Crippen LogP contribution in [0, 0.1) is 5.92 Å². The van der Waals surface area contributed by atoms with E-state index in [1.54, 1.807) is 11.8 Å².